The Hall–Kier alpha value is -1.51. The van der Waals surface area contributed by atoms with E-state index in [9.17, 15) is 23.1 Å². The molecule has 4 N–H and O–H groups in total. The Morgan fingerprint density at radius 1 is 1.33 bits per heavy atom. The third-order valence-corrected chi connectivity index (χ3v) is 5.40. The molecule has 2 aliphatic rings. The minimum atomic E-state index is -4.45. The molecule has 0 saturated heterocycles. The van der Waals surface area contributed by atoms with E-state index in [-0.39, 0.29) is 49.2 Å². The Labute approximate surface area is 161 Å². The van der Waals surface area contributed by atoms with Crippen LogP contribution in [0.1, 0.15) is 24.8 Å². The molecule has 0 aromatic heterocycles. The van der Waals surface area contributed by atoms with Crippen molar-refractivity contribution in [1.82, 2.24) is 5.32 Å². The number of halogens is 4. The van der Waals surface area contributed by atoms with Gasteiger partial charge in [-0.25, -0.2) is 0 Å². The number of alkyl halides is 3. The van der Waals surface area contributed by atoms with Crippen LogP contribution in [-0.2, 0) is 11.0 Å². The number of aliphatic hydroxyl groups excluding tert-OH is 1. The van der Waals surface area contributed by atoms with Crippen LogP contribution in [-0.4, -0.2) is 36.3 Å². The average molecular weight is 409 g/mol. The van der Waals surface area contributed by atoms with E-state index < -0.39 is 17.8 Å². The molecule has 2 bridgehead atoms. The van der Waals surface area contributed by atoms with Crippen LogP contribution in [0, 0.1) is 17.8 Å². The highest BCUT2D eigenvalue weighted by atomic mass is 35.5. The average Bonchev–Trinajstić information content (AvgIpc) is 3.18. The van der Waals surface area contributed by atoms with Crippen LogP contribution in [0.15, 0.2) is 24.3 Å². The van der Waals surface area contributed by atoms with Crippen molar-refractivity contribution in [2.24, 2.45) is 23.5 Å². The molecule has 0 radical (unpaired) electrons. The fourth-order valence-electron chi connectivity index (χ4n) is 4.07. The van der Waals surface area contributed by atoms with Gasteiger partial charge in [-0.2, -0.15) is 13.2 Å². The van der Waals surface area contributed by atoms with Crippen LogP contribution in [0.2, 0.25) is 0 Å². The number of fused-ring (bicyclic) bond motifs is 2. The summed E-state index contributed by atoms with van der Waals surface area (Å²) < 4.78 is 43.2. The van der Waals surface area contributed by atoms with E-state index in [1.54, 1.807) is 0 Å². The predicted molar refractivity (Wildman–Crippen MR) is 95.5 cm³/mol. The standard InChI is InChI=1S/C18H23F3N2O3.ClH/c19-18(20,21)12-2-1-3-14(7-12)26-9-13(24)8-23-17(25)15-10-4-5-11(6-10)16(15)22;/h1-3,7,10-11,13,15-16,24H,4-6,8-9,22H2,(H,23,25);1H. The van der Waals surface area contributed by atoms with Gasteiger partial charge in [0, 0.05) is 12.6 Å². The molecule has 27 heavy (non-hydrogen) atoms. The second kappa shape index (κ2) is 8.67. The first-order valence-corrected chi connectivity index (χ1v) is 8.77. The summed E-state index contributed by atoms with van der Waals surface area (Å²) in [6, 6.07) is 4.31. The maximum Gasteiger partial charge on any atom is 0.416 e. The summed E-state index contributed by atoms with van der Waals surface area (Å²) in [5.74, 6) is 0.354. The number of nitrogens with one attached hydrogen (secondary N) is 1. The molecular formula is C18H24ClF3N2O3. The van der Waals surface area contributed by atoms with Crippen molar-refractivity contribution in [2.45, 2.75) is 37.6 Å². The van der Waals surface area contributed by atoms with Gasteiger partial charge in [0.1, 0.15) is 18.5 Å². The van der Waals surface area contributed by atoms with Crippen molar-refractivity contribution >= 4 is 18.3 Å². The van der Waals surface area contributed by atoms with Crippen LogP contribution < -0.4 is 15.8 Å². The fraction of sp³-hybridized carbons (Fsp3) is 0.611. The molecule has 5 unspecified atom stereocenters. The number of carbonyl (C=O) groups is 1. The van der Waals surface area contributed by atoms with E-state index in [2.05, 4.69) is 5.32 Å². The van der Waals surface area contributed by atoms with Crippen molar-refractivity contribution in [2.75, 3.05) is 13.2 Å². The Kier molecular flexibility index (Phi) is 6.99. The van der Waals surface area contributed by atoms with Crippen molar-refractivity contribution in [3.8, 4) is 5.75 Å². The Morgan fingerprint density at radius 3 is 2.67 bits per heavy atom. The zero-order valence-electron chi connectivity index (χ0n) is 14.6. The second-order valence-electron chi connectivity index (χ2n) is 7.17. The molecule has 2 aliphatic carbocycles. The molecule has 152 valence electrons. The van der Waals surface area contributed by atoms with Gasteiger partial charge in [0.05, 0.1) is 11.5 Å². The van der Waals surface area contributed by atoms with E-state index in [0.29, 0.717) is 11.8 Å². The predicted octanol–water partition coefficient (Wildman–Crippen LogP) is 2.36. The van der Waals surface area contributed by atoms with Gasteiger partial charge in [0.15, 0.2) is 0 Å². The molecule has 1 aromatic carbocycles. The number of carbonyl (C=O) groups excluding carboxylic acids is 1. The fourth-order valence-corrected chi connectivity index (χ4v) is 4.07. The summed E-state index contributed by atoms with van der Waals surface area (Å²) >= 11 is 0. The molecule has 1 aromatic rings. The number of aliphatic hydroxyl groups is 1. The molecule has 5 atom stereocenters. The highest BCUT2D eigenvalue weighted by Gasteiger charge is 2.49. The summed E-state index contributed by atoms with van der Waals surface area (Å²) in [7, 11) is 0. The number of benzene rings is 1. The smallest absolute Gasteiger partial charge is 0.416 e. The van der Waals surface area contributed by atoms with E-state index >= 15 is 0 Å². The lowest BCUT2D eigenvalue weighted by Gasteiger charge is -2.27. The first kappa shape index (κ1) is 21.8. The molecule has 5 nitrogen and oxygen atoms in total. The van der Waals surface area contributed by atoms with Crippen LogP contribution in [0.25, 0.3) is 0 Å². The minimum Gasteiger partial charge on any atom is -0.491 e. The highest BCUT2D eigenvalue weighted by Crippen LogP contribution is 2.47. The third kappa shape index (κ3) is 5.06. The number of hydrogen-bond acceptors (Lipinski definition) is 4. The summed E-state index contributed by atoms with van der Waals surface area (Å²) in [6.45, 7) is -0.247. The Bertz CT molecular complexity index is 657. The minimum absolute atomic E-state index is 0. The zero-order valence-corrected chi connectivity index (χ0v) is 15.4. The van der Waals surface area contributed by atoms with Crippen LogP contribution in [0.3, 0.4) is 0 Å². The quantitative estimate of drug-likeness (QED) is 0.674. The van der Waals surface area contributed by atoms with Gasteiger partial charge in [-0.15, -0.1) is 12.4 Å². The molecule has 0 heterocycles. The zero-order chi connectivity index (χ0) is 18.9. The van der Waals surface area contributed by atoms with E-state index in [0.717, 1.165) is 31.4 Å². The first-order valence-electron chi connectivity index (χ1n) is 8.77. The van der Waals surface area contributed by atoms with Gasteiger partial charge < -0.3 is 20.9 Å². The van der Waals surface area contributed by atoms with Crippen molar-refractivity contribution in [3.05, 3.63) is 29.8 Å². The van der Waals surface area contributed by atoms with Gasteiger partial charge in [-0.3, -0.25) is 4.79 Å². The molecule has 0 aliphatic heterocycles. The van der Waals surface area contributed by atoms with Gasteiger partial charge in [0.2, 0.25) is 5.91 Å². The monoisotopic (exact) mass is 408 g/mol. The summed E-state index contributed by atoms with van der Waals surface area (Å²) in [5, 5.41) is 12.6. The SMILES string of the molecule is Cl.NC1C2CCC(C2)C1C(=O)NCC(O)COc1cccc(C(F)(F)F)c1. The molecule has 1 amide bonds. The number of amides is 1. The largest absolute Gasteiger partial charge is 0.491 e. The van der Waals surface area contributed by atoms with Crippen LogP contribution in [0.5, 0.6) is 5.75 Å². The number of ether oxygens (including phenoxy) is 1. The maximum absolute atomic E-state index is 12.7. The molecule has 2 saturated carbocycles. The summed E-state index contributed by atoms with van der Waals surface area (Å²) in [4.78, 5) is 12.3. The lowest BCUT2D eigenvalue weighted by molar-refractivity contribution is -0.137. The van der Waals surface area contributed by atoms with Gasteiger partial charge in [-0.05, 0) is 49.3 Å². The van der Waals surface area contributed by atoms with E-state index in [4.69, 9.17) is 10.5 Å². The van der Waals surface area contributed by atoms with E-state index in [1.165, 1.54) is 12.1 Å². The first-order chi connectivity index (χ1) is 12.3. The van der Waals surface area contributed by atoms with Crippen molar-refractivity contribution < 1.29 is 27.8 Å². The molecular weight excluding hydrogens is 385 g/mol. The second-order valence-corrected chi connectivity index (χ2v) is 7.17. The topological polar surface area (TPSA) is 84.6 Å². The summed E-state index contributed by atoms with van der Waals surface area (Å²) in [5.41, 5.74) is 5.30. The molecule has 3 rings (SSSR count). The van der Waals surface area contributed by atoms with Crippen molar-refractivity contribution in [3.63, 3.8) is 0 Å². The Morgan fingerprint density at radius 2 is 2.04 bits per heavy atom. The molecule has 2 fully saturated rings. The van der Waals surface area contributed by atoms with Gasteiger partial charge in [-0.1, -0.05) is 6.07 Å². The molecule has 0 spiro atoms. The van der Waals surface area contributed by atoms with Crippen molar-refractivity contribution in [1.29, 1.82) is 0 Å². The number of hydrogen-bond donors (Lipinski definition) is 3. The normalized spacial score (nSPS) is 27.7. The van der Waals surface area contributed by atoms with Gasteiger partial charge in [0.25, 0.3) is 0 Å². The summed E-state index contributed by atoms with van der Waals surface area (Å²) in [6.07, 6.45) is -2.41. The van der Waals surface area contributed by atoms with Gasteiger partial charge >= 0.3 is 6.18 Å². The number of rotatable bonds is 6. The van der Waals surface area contributed by atoms with Crippen LogP contribution >= 0.6 is 12.4 Å². The third-order valence-electron chi connectivity index (χ3n) is 5.40. The maximum atomic E-state index is 12.7. The lowest BCUT2D eigenvalue weighted by atomic mass is 9.84. The Balaban J connectivity index is 0.00000261. The lowest BCUT2D eigenvalue weighted by Crippen LogP contribution is -2.47. The van der Waals surface area contributed by atoms with E-state index in [1.807, 2.05) is 0 Å². The van der Waals surface area contributed by atoms with Crippen LogP contribution in [0.4, 0.5) is 13.2 Å². The molecule has 9 heteroatoms. The highest BCUT2D eigenvalue weighted by molar-refractivity contribution is 5.85. The number of nitrogens with two attached hydrogens (primary N) is 1.